The Morgan fingerprint density at radius 1 is 1.15 bits per heavy atom. The van der Waals surface area contributed by atoms with Crippen LogP contribution in [0.1, 0.15) is 0 Å². The molecule has 0 atom stereocenters. The first-order valence-corrected chi connectivity index (χ1v) is 5.57. The normalized spacial score (nSPS) is 22.5. The number of rotatable bonds is 2. The highest BCUT2D eigenvalue weighted by Gasteiger charge is 2.25. The molecule has 0 aromatic rings. The molecule has 1 heterocycles. The predicted octanol–water partition coefficient (Wildman–Crippen LogP) is -0.798. The SMILES string of the molecule is [CH2-]N1CCN(S(=O)(=O)N(C)C)CC1. The van der Waals surface area contributed by atoms with Crippen LogP contribution in [0.4, 0.5) is 0 Å². The molecule has 5 nitrogen and oxygen atoms in total. The maximum Gasteiger partial charge on any atom is 0.281 e. The number of hydrogen-bond donors (Lipinski definition) is 0. The highest BCUT2D eigenvalue weighted by Crippen LogP contribution is 2.08. The van der Waals surface area contributed by atoms with E-state index in [2.05, 4.69) is 7.05 Å². The van der Waals surface area contributed by atoms with E-state index in [9.17, 15) is 8.42 Å². The van der Waals surface area contributed by atoms with Crippen molar-refractivity contribution >= 4 is 10.2 Å². The summed E-state index contributed by atoms with van der Waals surface area (Å²) in [6, 6.07) is 0. The monoisotopic (exact) mass is 206 g/mol. The van der Waals surface area contributed by atoms with Gasteiger partial charge >= 0.3 is 0 Å². The van der Waals surface area contributed by atoms with Gasteiger partial charge in [-0.3, -0.25) is 7.05 Å². The third kappa shape index (κ3) is 2.40. The molecule has 0 aromatic heterocycles. The first kappa shape index (κ1) is 10.9. The second-order valence-corrected chi connectivity index (χ2v) is 5.45. The molecule has 0 bridgehead atoms. The minimum atomic E-state index is -3.21. The van der Waals surface area contributed by atoms with Crippen molar-refractivity contribution in [3.8, 4) is 0 Å². The Hall–Kier alpha value is -0.170. The number of nitrogens with zero attached hydrogens (tertiary/aromatic N) is 3. The number of hydrogen-bond acceptors (Lipinski definition) is 3. The average Bonchev–Trinajstić information content (AvgIpc) is 2.04. The van der Waals surface area contributed by atoms with Crippen LogP contribution in [0.3, 0.4) is 0 Å². The summed E-state index contributed by atoms with van der Waals surface area (Å²) in [5.41, 5.74) is 0. The van der Waals surface area contributed by atoms with Crippen molar-refractivity contribution in [3.63, 3.8) is 0 Å². The lowest BCUT2D eigenvalue weighted by atomic mass is 10.4. The average molecular weight is 206 g/mol. The molecular weight excluding hydrogens is 190 g/mol. The first-order chi connectivity index (χ1) is 5.94. The van der Waals surface area contributed by atoms with Crippen molar-refractivity contribution < 1.29 is 8.42 Å². The lowest BCUT2D eigenvalue weighted by Gasteiger charge is -2.37. The Labute approximate surface area is 80.1 Å². The van der Waals surface area contributed by atoms with E-state index in [1.165, 1.54) is 8.61 Å². The van der Waals surface area contributed by atoms with Crippen LogP contribution in [0.15, 0.2) is 0 Å². The fourth-order valence-electron chi connectivity index (χ4n) is 1.19. The summed E-state index contributed by atoms with van der Waals surface area (Å²) in [5, 5.41) is 0. The Bertz CT molecular complexity index is 255. The molecule has 0 spiro atoms. The second kappa shape index (κ2) is 3.91. The molecule has 1 fully saturated rings. The molecule has 6 heteroatoms. The van der Waals surface area contributed by atoms with Crippen LogP contribution in [0.2, 0.25) is 0 Å². The van der Waals surface area contributed by atoms with E-state index in [4.69, 9.17) is 0 Å². The molecule has 1 rings (SSSR count). The maximum absolute atomic E-state index is 11.6. The third-order valence-corrected chi connectivity index (χ3v) is 4.06. The van der Waals surface area contributed by atoms with Crippen molar-refractivity contribution in [2.45, 2.75) is 0 Å². The van der Waals surface area contributed by atoms with E-state index >= 15 is 0 Å². The van der Waals surface area contributed by atoms with E-state index in [-0.39, 0.29) is 0 Å². The maximum atomic E-state index is 11.6. The van der Waals surface area contributed by atoms with Gasteiger partial charge in [0, 0.05) is 27.2 Å². The molecule has 0 N–H and O–H groups in total. The highest BCUT2D eigenvalue weighted by atomic mass is 32.2. The fourth-order valence-corrected chi connectivity index (χ4v) is 2.28. The van der Waals surface area contributed by atoms with Crippen molar-refractivity contribution in [2.24, 2.45) is 0 Å². The smallest absolute Gasteiger partial charge is 0.281 e. The summed E-state index contributed by atoms with van der Waals surface area (Å²) in [7, 11) is 3.64. The standard InChI is InChI=1S/C7H16N3O2S/c1-8(2)13(11,12)10-6-4-9(3)5-7-10/h3-7H2,1-2H3/q-1. The summed E-state index contributed by atoms with van der Waals surface area (Å²) < 4.78 is 25.9. The minimum absolute atomic E-state index is 0.532. The Kier molecular flexibility index (Phi) is 3.28. The molecule has 0 aliphatic carbocycles. The van der Waals surface area contributed by atoms with Crippen LogP contribution in [0.5, 0.6) is 0 Å². The second-order valence-electron chi connectivity index (χ2n) is 3.31. The van der Waals surface area contributed by atoms with Crippen molar-refractivity contribution in [3.05, 3.63) is 7.05 Å². The molecule has 1 aliphatic heterocycles. The lowest BCUT2D eigenvalue weighted by Crippen LogP contribution is -2.49. The summed E-state index contributed by atoms with van der Waals surface area (Å²) in [6.07, 6.45) is 0. The zero-order valence-corrected chi connectivity index (χ0v) is 8.92. The van der Waals surface area contributed by atoms with Crippen LogP contribution in [-0.4, -0.2) is 62.2 Å². The lowest BCUT2D eigenvalue weighted by molar-refractivity contribution is 0.234. The van der Waals surface area contributed by atoms with Gasteiger partial charge in [-0.1, -0.05) is 0 Å². The van der Waals surface area contributed by atoms with Gasteiger partial charge in [-0.25, -0.2) is 0 Å². The highest BCUT2D eigenvalue weighted by molar-refractivity contribution is 7.86. The molecule has 1 saturated heterocycles. The van der Waals surface area contributed by atoms with E-state index in [0.29, 0.717) is 26.2 Å². The Morgan fingerprint density at radius 2 is 1.62 bits per heavy atom. The molecule has 0 amide bonds. The molecule has 0 unspecified atom stereocenters. The summed E-state index contributed by atoms with van der Waals surface area (Å²) >= 11 is 0. The summed E-state index contributed by atoms with van der Waals surface area (Å²) in [5.74, 6) is 0. The van der Waals surface area contributed by atoms with Gasteiger partial charge < -0.3 is 4.90 Å². The van der Waals surface area contributed by atoms with Crippen molar-refractivity contribution in [1.29, 1.82) is 0 Å². The van der Waals surface area contributed by atoms with Crippen LogP contribution >= 0.6 is 0 Å². The molecule has 0 aromatic carbocycles. The third-order valence-electron chi connectivity index (χ3n) is 2.12. The largest absolute Gasteiger partial charge is 0.457 e. The molecule has 78 valence electrons. The molecule has 0 radical (unpaired) electrons. The van der Waals surface area contributed by atoms with Gasteiger partial charge in [0.25, 0.3) is 10.2 Å². The quantitative estimate of drug-likeness (QED) is 0.556. The zero-order valence-electron chi connectivity index (χ0n) is 8.10. The molecule has 1 aliphatic rings. The van der Waals surface area contributed by atoms with Crippen LogP contribution in [0, 0.1) is 7.05 Å². The van der Waals surface area contributed by atoms with Gasteiger partial charge in [0.1, 0.15) is 0 Å². The van der Waals surface area contributed by atoms with E-state index in [0.717, 1.165) is 0 Å². The van der Waals surface area contributed by atoms with Crippen molar-refractivity contribution in [1.82, 2.24) is 13.5 Å². The van der Waals surface area contributed by atoms with Gasteiger partial charge in [-0.2, -0.15) is 17.0 Å². The van der Waals surface area contributed by atoms with Gasteiger partial charge in [0.2, 0.25) is 0 Å². The molecule has 13 heavy (non-hydrogen) atoms. The van der Waals surface area contributed by atoms with Crippen LogP contribution in [-0.2, 0) is 10.2 Å². The molecule has 0 saturated carbocycles. The zero-order chi connectivity index (χ0) is 10.1. The van der Waals surface area contributed by atoms with Crippen molar-refractivity contribution in [2.75, 3.05) is 40.3 Å². The Morgan fingerprint density at radius 3 is 2.00 bits per heavy atom. The number of piperazine rings is 1. The Balaban J connectivity index is 2.64. The van der Waals surface area contributed by atoms with Gasteiger partial charge in [-0.05, 0) is 13.1 Å². The minimum Gasteiger partial charge on any atom is -0.457 e. The van der Waals surface area contributed by atoms with E-state index in [1.807, 2.05) is 4.90 Å². The summed E-state index contributed by atoms with van der Waals surface area (Å²) in [6.45, 7) is 2.47. The van der Waals surface area contributed by atoms with E-state index in [1.54, 1.807) is 14.1 Å². The van der Waals surface area contributed by atoms with Gasteiger partial charge in [-0.15, -0.1) is 0 Å². The van der Waals surface area contributed by atoms with Gasteiger partial charge in [0.15, 0.2) is 0 Å². The van der Waals surface area contributed by atoms with E-state index < -0.39 is 10.2 Å². The topological polar surface area (TPSA) is 43.9 Å². The van der Waals surface area contributed by atoms with Gasteiger partial charge in [0.05, 0.1) is 0 Å². The molecular formula is C7H16N3O2S-. The van der Waals surface area contributed by atoms with Crippen LogP contribution < -0.4 is 0 Å². The van der Waals surface area contributed by atoms with Crippen LogP contribution in [0.25, 0.3) is 0 Å². The predicted molar refractivity (Wildman–Crippen MR) is 51.1 cm³/mol. The summed E-state index contributed by atoms with van der Waals surface area (Å²) in [4.78, 5) is 1.88. The first-order valence-electron chi connectivity index (χ1n) is 4.17. The fraction of sp³-hybridized carbons (Fsp3) is 0.857.